The first-order chi connectivity index (χ1) is 8.34. The molecule has 18 heavy (non-hydrogen) atoms. The Morgan fingerprint density at radius 3 is 2.56 bits per heavy atom. The third-order valence-corrected chi connectivity index (χ3v) is 3.48. The predicted molar refractivity (Wildman–Crippen MR) is 66.6 cm³/mol. The average Bonchev–Trinajstić information content (AvgIpc) is 2.26. The molecule has 0 aliphatic carbocycles. The van der Waals surface area contributed by atoms with Gasteiger partial charge in [0.15, 0.2) is 6.61 Å². The second-order valence-electron chi connectivity index (χ2n) is 3.12. The number of rotatable bonds is 5. The Kier molecular flexibility index (Phi) is 5.25. The average molecular weight is 313 g/mol. The highest BCUT2D eigenvalue weighted by Crippen LogP contribution is 2.28. The van der Waals surface area contributed by atoms with E-state index in [2.05, 4.69) is 4.74 Å². The van der Waals surface area contributed by atoms with Gasteiger partial charge in [-0.1, -0.05) is 11.6 Å². The van der Waals surface area contributed by atoms with Crippen LogP contribution in [0, 0.1) is 0 Å². The van der Waals surface area contributed by atoms with Crippen LogP contribution in [0.15, 0.2) is 23.1 Å². The topological polar surface area (TPSA) is 69.7 Å². The predicted octanol–water partition coefficient (Wildman–Crippen LogP) is 2.21. The molecule has 0 spiro atoms. The number of halogens is 2. The van der Waals surface area contributed by atoms with Crippen molar-refractivity contribution in [1.82, 2.24) is 0 Å². The number of ether oxygens (including phenoxy) is 2. The second-order valence-corrected chi connectivity index (χ2v) is 6.10. The third kappa shape index (κ3) is 4.36. The Morgan fingerprint density at radius 1 is 1.39 bits per heavy atom. The van der Waals surface area contributed by atoms with Gasteiger partial charge in [-0.2, -0.15) is 0 Å². The van der Waals surface area contributed by atoms with E-state index in [9.17, 15) is 13.2 Å². The molecular weight excluding hydrogens is 303 g/mol. The highest BCUT2D eigenvalue weighted by atomic mass is 35.7. The number of esters is 1. The summed E-state index contributed by atoms with van der Waals surface area (Å²) in [5.41, 5.74) is 0. The van der Waals surface area contributed by atoms with Gasteiger partial charge in [-0.25, -0.2) is 13.2 Å². The van der Waals surface area contributed by atoms with Crippen LogP contribution in [0.3, 0.4) is 0 Å². The SMILES string of the molecule is CCOC(=O)COc1ccc(S(=O)(=O)Cl)cc1Cl. The van der Waals surface area contributed by atoms with E-state index in [0.29, 0.717) is 0 Å². The molecule has 0 radical (unpaired) electrons. The molecule has 1 rings (SSSR count). The summed E-state index contributed by atoms with van der Waals surface area (Å²) in [6.07, 6.45) is 0. The van der Waals surface area contributed by atoms with Crippen molar-refractivity contribution in [3.05, 3.63) is 23.2 Å². The molecule has 8 heteroatoms. The molecule has 0 amide bonds. The molecular formula is C10H10Cl2O5S. The molecule has 0 aliphatic rings. The molecule has 0 saturated carbocycles. The summed E-state index contributed by atoms with van der Waals surface area (Å²) in [4.78, 5) is 10.9. The fourth-order valence-corrected chi connectivity index (χ4v) is 2.17. The lowest BCUT2D eigenvalue weighted by Gasteiger charge is -2.08. The van der Waals surface area contributed by atoms with Crippen LogP contribution in [0.25, 0.3) is 0 Å². The van der Waals surface area contributed by atoms with Crippen molar-refractivity contribution in [2.24, 2.45) is 0 Å². The van der Waals surface area contributed by atoms with E-state index < -0.39 is 15.0 Å². The van der Waals surface area contributed by atoms with Gasteiger partial charge >= 0.3 is 5.97 Å². The molecule has 0 bridgehead atoms. The molecule has 1 aromatic rings. The summed E-state index contributed by atoms with van der Waals surface area (Å²) in [6.45, 7) is 1.62. The van der Waals surface area contributed by atoms with E-state index in [1.54, 1.807) is 6.92 Å². The lowest BCUT2D eigenvalue weighted by molar-refractivity contribution is -0.145. The minimum Gasteiger partial charge on any atom is -0.480 e. The largest absolute Gasteiger partial charge is 0.480 e. The molecule has 1 aromatic carbocycles. The monoisotopic (exact) mass is 312 g/mol. The zero-order valence-electron chi connectivity index (χ0n) is 9.35. The van der Waals surface area contributed by atoms with Crippen molar-refractivity contribution in [1.29, 1.82) is 0 Å². The summed E-state index contributed by atoms with van der Waals surface area (Å²) in [5, 5.41) is 0.0426. The Hall–Kier alpha value is -0.980. The molecule has 0 N–H and O–H groups in total. The third-order valence-electron chi connectivity index (χ3n) is 1.84. The summed E-state index contributed by atoms with van der Waals surface area (Å²) in [7, 11) is 1.31. The number of benzene rings is 1. The van der Waals surface area contributed by atoms with Crippen molar-refractivity contribution in [3.63, 3.8) is 0 Å². The van der Waals surface area contributed by atoms with Crippen LogP contribution in [-0.2, 0) is 18.6 Å². The number of hydrogen-bond donors (Lipinski definition) is 0. The minimum absolute atomic E-state index is 0.0426. The zero-order valence-corrected chi connectivity index (χ0v) is 11.7. The van der Waals surface area contributed by atoms with E-state index in [1.807, 2.05) is 0 Å². The van der Waals surface area contributed by atoms with Gasteiger partial charge in [0.25, 0.3) is 9.05 Å². The van der Waals surface area contributed by atoms with Crippen molar-refractivity contribution in [3.8, 4) is 5.75 Å². The quantitative estimate of drug-likeness (QED) is 0.616. The standard InChI is InChI=1S/C10H10Cl2O5S/c1-2-16-10(13)6-17-9-4-3-7(5-8(9)11)18(12,14)15/h3-5H,2,6H2,1H3. The van der Waals surface area contributed by atoms with Crippen LogP contribution in [0.2, 0.25) is 5.02 Å². The van der Waals surface area contributed by atoms with Gasteiger partial charge in [0.2, 0.25) is 0 Å². The highest BCUT2D eigenvalue weighted by molar-refractivity contribution is 8.13. The van der Waals surface area contributed by atoms with Crippen LogP contribution in [0.1, 0.15) is 6.92 Å². The maximum Gasteiger partial charge on any atom is 0.344 e. The fraction of sp³-hybridized carbons (Fsp3) is 0.300. The molecule has 5 nitrogen and oxygen atoms in total. The van der Waals surface area contributed by atoms with Crippen LogP contribution in [-0.4, -0.2) is 27.6 Å². The van der Waals surface area contributed by atoms with Crippen LogP contribution >= 0.6 is 22.3 Å². The van der Waals surface area contributed by atoms with E-state index >= 15 is 0 Å². The first-order valence-electron chi connectivity index (χ1n) is 4.87. The Morgan fingerprint density at radius 2 is 2.06 bits per heavy atom. The van der Waals surface area contributed by atoms with Gasteiger partial charge in [-0.3, -0.25) is 0 Å². The zero-order chi connectivity index (χ0) is 13.8. The lowest BCUT2D eigenvalue weighted by Crippen LogP contribution is -2.14. The Labute approximate surface area is 114 Å². The summed E-state index contributed by atoms with van der Waals surface area (Å²) >= 11 is 5.80. The molecule has 0 unspecified atom stereocenters. The first-order valence-corrected chi connectivity index (χ1v) is 7.56. The van der Waals surface area contributed by atoms with Crippen molar-refractivity contribution >= 4 is 37.3 Å². The second kappa shape index (κ2) is 6.26. The van der Waals surface area contributed by atoms with Crippen LogP contribution in [0.4, 0.5) is 0 Å². The van der Waals surface area contributed by atoms with Gasteiger partial charge < -0.3 is 9.47 Å². The van der Waals surface area contributed by atoms with E-state index in [0.717, 1.165) is 6.07 Å². The summed E-state index contributed by atoms with van der Waals surface area (Å²) < 4.78 is 31.8. The Bertz CT molecular complexity index is 541. The molecule has 0 heterocycles. The van der Waals surface area contributed by atoms with Gasteiger partial charge in [-0.05, 0) is 25.1 Å². The summed E-state index contributed by atoms with van der Waals surface area (Å²) in [6, 6.07) is 3.69. The van der Waals surface area contributed by atoms with Crippen molar-refractivity contribution in [2.45, 2.75) is 11.8 Å². The van der Waals surface area contributed by atoms with Gasteiger partial charge in [0.1, 0.15) is 5.75 Å². The Balaban J connectivity index is 2.78. The maximum absolute atomic E-state index is 11.0. The molecule has 0 saturated heterocycles. The molecule has 0 fully saturated rings. The van der Waals surface area contributed by atoms with Crippen LogP contribution in [0.5, 0.6) is 5.75 Å². The van der Waals surface area contributed by atoms with Gasteiger partial charge in [0, 0.05) is 10.7 Å². The molecule has 100 valence electrons. The highest BCUT2D eigenvalue weighted by Gasteiger charge is 2.13. The number of hydrogen-bond acceptors (Lipinski definition) is 5. The van der Waals surface area contributed by atoms with E-state index in [-0.39, 0.29) is 28.9 Å². The lowest BCUT2D eigenvalue weighted by atomic mass is 10.3. The van der Waals surface area contributed by atoms with Crippen LogP contribution < -0.4 is 4.74 Å². The maximum atomic E-state index is 11.0. The minimum atomic E-state index is -3.84. The number of carbonyl (C=O) groups is 1. The fourth-order valence-electron chi connectivity index (χ4n) is 1.09. The summed E-state index contributed by atoms with van der Waals surface area (Å²) in [5.74, 6) is -0.364. The smallest absolute Gasteiger partial charge is 0.344 e. The molecule has 0 aliphatic heterocycles. The molecule has 0 atom stereocenters. The van der Waals surface area contributed by atoms with Gasteiger partial charge in [0.05, 0.1) is 16.5 Å². The van der Waals surface area contributed by atoms with Crippen molar-refractivity contribution < 1.29 is 22.7 Å². The van der Waals surface area contributed by atoms with Crippen molar-refractivity contribution in [2.75, 3.05) is 13.2 Å². The normalized spacial score (nSPS) is 11.1. The van der Waals surface area contributed by atoms with Gasteiger partial charge in [-0.15, -0.1) is 0 Å². The number of carbonyl (C=O) groups excluding carboxylic acids is 1. The van der Waals surface area contributed by atoms with E-state index in [1.165, 1.54) is 12.1 Å². The van der Waals surface area contributed by atoms with E-state index in [4.69, 9.17) is 27.0 Å². The first kappa shape index (κ1) is 15.1. The molecule has 0 aromatic heterocycles.